The van der Waals surface area contributed by atoms with Crippen LogP contribution in [0.25, 0.3) is 0 Å². The summed E-state index contributed by atoms with van der Waals surface area (Å²) in [5, 5.41) is 0. The van der Waals surface area contributed by atoms with Crippen molar-refractivity contribution >= 4 is 11.9 Å². The summed E-state index contributed by atoms with van der Waals surface area (Å²) < 4.78 is 9.80. The number of esters is 1. The average molecular weight is 277 g/mol. The molecule has 0 spiro atoms. The quantitative estimate of drug-likeness (QED) is 0.777. The van der Waals surface area contributed by atoms with Crippen LogP contribution < -0.4 is 4.74 Å². The summed E-state index contributed by atoms with van der Waals surface area (Å²) in [4.78, 5) is 25.3. The summed E-state index contributed by atoms with van der Waals surface area (Å²) >= 11 is 0. The highest BCUT2D eigenvalue weighted by Crippen LogP contribution is 2.19. The van der Waals surface area contributed by atoms with Crippen LogP contribution >= 0.6 is 0 Å². The van der Waals surface area contributed by atoms with Gasteiger partial charge in [-0.3, -0.25) is 9.59 Å². The van der Waals surface area contributed by atoms with Crippen LogP contribution in [0, 0.1) is 5.92 Å². The molecule has 0 aromatic heterocycles. The molecule has 5 nitrogen and oxygen atoms in total. The number of nitrogens with zero attached hydrogens (tertiary/aromatic N) is 1. The van der Waals surface area contributed by atoms with Gasteiger partial charge in [0.1, 0.15) is 5.75 Å². The molecule has 0 radical (unpaired) electrons. The molecule has 1 aromatic rings. The summed E-state index contributed by atoms with van der Waals surface area (Å²) in [6.45, 7) is 1.08. The Morgan fingerprint density at radius 3 is 2.55 bits per heavy atom. The molecule has 1 aliphatic heterocycles. The van der Waals surface area contributed by atoms with Crippen LogP contribution in [0.3, 0.4) is 0 Å². The standard InChI is InChI=1S/C15H19NO4/c1-19-13-5-3-11(4-6-13)9-14(17)16-8-7-12(10-16)15(18)20-2/h3-6,12H,7-10H2,1-2H3. The second-order valence-corrected chi connectivity index (χ2v) is 4.87. The van der Waals surface area contributed by atoms with Gasteiger partial charge in [-0.15, -0.1) is 0 Å². The lowest BCUT2D eigenvalue weighted by molar-refractivity contribution is -0.145. The molecule has 20 heavy (non-hydrogen) atoms. The third-order valence-corrected chi connectivity index (χ3v) is 3.59. The number of hydrogen-bond acceptors (Lipinski definition) is 4. The fourth-order valence-electron chi connectivity index (χ4n) is 2.38. The second-order valence-electron chi connectivity index (χ2n) is 4.87. The lowest BCUT2D eigenvalue weighted by Gasteiger charge is -2.16. The highest BCUT2D eigenvalue weighted by molar-refractivity contribution is 5.81. The van der Waals surface area contributed by atoms with Crippen molar-refractivity contribution in [3.8, 4) is 5.75 Å². The molecule has 108 valence electrons. The van der Waals surface area contributed by atoms with Crippen LogP contribution in [-0.4, -0.2) is 44.1 Å². The third kappa shape index (κ3) is 3.29. The molecule has 2 rings (SSSR count). The summed E-state index contributed by atoms with van der Waals surface area (Å²) in [7, 11) is 2.99. The Bertz CT molecular complexity index is 483. The van der Waals surface area contributed by atoms with Gasteiger partial charge in [-0.1, -0.05) is 12.1 Å². The first-order valence-electron chi connectivity index (χ1n) is 6.62. The molecule has 1 atom stereocenters. The zero-order valence-corrected chi connectivity index (χ0v) is 11.8. The largest absolute Gasteiger partial charge is 0.497 e. The molecule has 0 bridgehead atoms. The summed E-state index contributed by atoms with van der Waals surface area (Å²) in [5.74, 6) is 0.402. The number of methoxy groups -OCH3 is 2. The maximum atomic E-state index is 12.2. The van der Waals surface area contributed by atoms with Gasteiger partial charge in [-0.2, -0.15) is 0 Å². The Labute approximate surface area is 118 Å². The first kappa shape index (κ1) is 14.4. The minimum Gasteiger partial charge on any atom is -0.497 e. The Morgan fingerprint density at radius 2 is 1.95 bits per heavy atom. The van der Waals surface area contributed by atoms with Crippen molar-refractivity contribution < 1.29 is 19.1 Å². The van der Waals surface area contributed by atoms with Crippen LogP contribution in [0.4, 0.5) is 0 Å². The molecule has 5 heteroatoms. The number of benzene rings is 1. The van der Waals surface area contributed by atoms with Gasteiger partial charge in [-0.25, -0.2) is 0 Å². The highest BCUT2D eigenvalue weighted by atomic mass is 16.5. The van der Waals surface area contributed by atoms with Crippen molar-refractivity contribution in [2.45, 2.75) is 12.8 Å². The maximum Gasteiger partial charge on any atom is 0.310 e. The molecule has 0 saturated carbocycles. The van der Waals surface area contributed by atoms with E-state index in [-0.39, 0.29) is 17.8 Å². The molecule has 1 unspecified atom stereocenters. The molecule has 1 aliphatic rings. The molecular weight excluding hydrogens is 258 g/mol. The second kappa shape index (κ2) is 6.41. The normalized spacial score (nSPS) is 17.9. The lowest BCUT2D eigenvalue weighted by atomic mass is 10.1. The van der Waals surface area contributed by atoms with Gasteiger partial charge in [0, 0.05) is 13.1 Å². The first-order chi connectivity index (χ1) is 9.63. The predicted octanol–water partition coefficient (Wildman–Crippen LogP) is 1.26. The maximum absolute atomic E-state index is 12.2. The molecule has 1 saturated heterocycles. The summed E-state index contributed by atoms with van der Waals surface area (Å²) in [6, 6.07) is 7.43. The van der Waals surface area contributed by atoms with E-state index in [4.69, 9.17) is 9.47 Å². The molecule has 1 fully saturated rings. The number of hydrogen-bond donors (Lipinski definition) is 0. The monoisotopic (exact) mass is 277 g/mol. The van der Waals surface area contributed by atoms with Gasteiger partial charge in [0.15, 0.2) is 0 Å². The Kier molecular flexibility index (Phi) is 4.61. The van der Waals surface area contributed by atoms with Gasteiger partial charge in [0.2, 0.25) is 5.91 Å². The van der Waals surface area contributed by atoms with Crippen molar-refractivity contribution in [3.05, 3.63) is 29.8 Å². The van der Waals surface area contributed by atoms with Crippen LogP contribution in [0.1, 0.15) is 12.0 Å². The predicted molar refractivity (Wildman–Crippen MR) is 73.4 cm³/mol. The van der Waals surface area contributed by atoms with Gasteiger partial charge >= 0.3 is 5.97 Å². The highest BCUT2D eigenvalue weighted by Gasteiger charge is 2.31. The van der Waals surface area contributed by atoms with Crippen molar-refractivity contribution in [1.29, 1.82) is 0 Å². The van der Waals surface area contributed by atoms with Crippen molar-refractivity contribution in [2.24, 2.45) is 5.92 Å². The van der Waals surface area contributed by atoms with E-state index in [2.05, 4.69) is 0 Å². The molecule has 1 amide bonds. The van der Waals surface area contributed by atoms with E-state index in [1.165, 1.54) is 7.11 Å². The Hall–Kier alpha value is -2.04. The number of amides is 1. The number of carbonyl (C=O) groups is 2. The average Bonchev–Trinajstić information content (AvgIpc) is 2.97. The van der Waals surface area contributed by atoms with Crippen molar-refractivity contribution in [3.63, 3.8) is 0 Å². The molecule has 1 aromatic carbocycles. The van der Waals surface area contributed by atoms with E-state index in [1.807, 2.05) is 24.3 Å². The zero-order chi connectivity index (χ0) is 14.5. The van der Waals surface area contributed by atoms with E-state index in [0.29, 0.717) is 25.9 Å². The van der Waals surface area contributed by atoms with E-state index in [9.17, 15) is 9.59 Å². The van der Waals surface area contributed by atoms with Gasteiger partial charge in [-0.05, 0) is 24.1 Å². The molecule has 0 N–H and O–H groups in total. The minimum atomic E-state index is -0.232. The van der Waals surface area contributed by atoms with E-state index < -0.39 is 0 Å². The van der Waals surface area contributed by atoms with E-state index in [0.717, 1.165) is 11.3 Å². The van der Waals surface area contributed by atoms with Gasteiger partial charge < -0.3 is 14.4 Å². The molecule has 0 aliphatic carbocycles. The Balaban J connectivity index is 1.90. The lowest BCUT2D eigenvalue weighted by Crippen LogP contribution is -2.31. The minimum absolute atomic E-state index is 0.0431. The summed E-state index contributed by atoms with van der Waals surface area (Å²) in [5.41, 5.74) is 0.942. The van der Waals surface area contributed by atoms with Crippen LogP contribution in [0.2, 0.25) is 0 Å². The molecular formula is C15H19NO4. The SMILES string of the molecule is COC(=O)C1CCN(C(=O)Cc2ccc(OC)cc2)C1. The number of ether oxygens (including phenoxy) is 2. The zero-order valence-electron chi connectivity index (χ0n) is 11.8. The fourth-order valence-corrected chi connectivity index (χ4v) is 2.38. The van der Waals surface area contributed by atoms with Gasteiger partial charge in [0.05, 0.1) is 26.6 Å². The molecule has 1 heterocycles. The van der Waals surface area contributed by atoms with Gasteiger partial charge in [0.25, 0.3) is 0 Å². The number of carbonyl (C=O) groups excluding carboxylic acids is 2. The number of rotatable bonds is 4. The van der Waals surface area contributed by atoms with E-state index >= 15 is 0 Å². The van der Waals surface area contributed by atoms with Crippen LogP contribution in [0.5, 0.6) is 5.75 Å². The van der Waals surface area contributed by atoms with Crippen LogP contribution in [-0.2, 0) is 20.7 Å². The first-order valence-corrected chi connectivity index (χ1v) is 6.62. The topological polar surface area (TPSA) is 55.8 Å². The van der Waals surface area contributed by atoms with E-state index in [1.54, 1.807) is 12.0 Å². The summed E-state index contributed by atoms with van der Waals surface area (Å²) in [6.07, 6.45) is 1.03. The fraction of sp³-hybridized carbons (Fsp3) is 0.467. The number of likely N-dealkylation sites (tertiary alicyclic amines) is 1. The van der Waals surface area contributed by atoms with Crippen molar-refractivity contribution in [2.75, 3.05) is 27.3 Å². The van der Waals surface area contributed by atoms with Crippen LogP contribution in [0.15, 0.2) is 24.3 Å². The third-order valence-electron chi connectivity index (χ3n) is 3.59. The smallest absolute Gasteiger partial charge is 0.310 e. The van der Waals surface area contributed by atoms with Crippen molar-refractivity contribution in [1.82, 2.24) is 4.90 Å². The Morgan fingerprint density at radius 1 is 1.25 bits per heavy atom.